The fourth-order valence-corrected chi connectivity index (χ4v) is 1.81. The van der Waals surface area contributed by atoms with Crippen LogP contribution in [0.3, 0.4) is 0 Å². The number of rotatable bonds is 5. The molecule has 88 valence electrons. The van der Waals surface area contributed by atoms with E-state index >= 15 is 0 Å². The Morgan fingerprint density at radius 1 is 1.19 bits per heavy atom. The van der Waals surface area contributed by atoms with Gasteiger partial charge in [-0.15, -0.1) is 0 Å². The highest BCUT2D eigenvalue weighted by Crippen LogP contribution is 2.45. The van der Waals surface area contributed by atoms with E-state index in [2.05, 4.69) is 0 Å². The fourth-order valence-electron chi connectivity index (χ4n) is 1.81. The largest absolute Gasteiger partial charge is 0.385 e. The summed E-state index contributed by atoms with van der Waals surface area (Å²) < 4.78 is 10.3. The maximum Gasteiger partial charge on any atom is 0.160 e. The van der Waals surface area contributed by atoms with Gasteiger partial charge >= 0.3 is 0 Å². The summed E-state index contributed by atoms with van der Waals surface area (Å²) >= 11 is 0. The Bertz CT molecular complexity index is 337. The summed E-state index contributed by atoms with van der Waals surface area (Å²) in [6.07, 6.45) is 2.29. The average molecular weight is 222 g/mol. The van der Waals surface area contributed by atoms with Crippen molar-refractivity contribution in [3.05, 3.63) is 35.4 Å². The van der Waals surface area contributed by atoms with E-state index in [1.54, 1.807) is 14.2 Å². The predicted octanol–water partition coefficient (Wildman–Crippen LogP) is 1.83. The SMILES string of the molecule is COC(Cc1ccc(C2(O)CC2)cc1)OC. The summed E-state index contributed by atoms with van der Waals surface area (Å²) in [6, 6.07) is 8.03. The third kappa shape index (κ3) is 2.43. The molecule has 1 N–H and O–H groups in total. The van der Waals surface area contributed by atoms with Crippen molar-refractivity contribution in [3.63, 3.8) is 0 Å². The zero-order valence-corrected chi connectivity index (χ0v) is 9.77. The normalized spacial score (nSPS) is 17.8. The van der Waals surface area contributed by atoms with Crippen LogP contribution in [-0.4, -0.2) is 25.6 Å². The fraction of sp³-hybridized carbons (Fsp3) is 0.538. The monoisotopic (exact) mass is 222 g/mol. The number of methoxy groups -OCH3 is 2. The van der Waals surface area contributed by atoms with Gasteiger partial charge in [0.1, 0.15) is 0 Å². The highest BCUT2D eigenvalue weighted by molar-refractivity contribution is 5.30. The second-order valence-electron chi connectivity index (χ2n) is 4.33. The highest BCUT2D eigenvalue weighted by Gasteiger charge is 2.41. The van der Waals surface area contributed by atoms with E-state index in [9.17, 15) is 5.11 Å². The molecular weight excluding hydrogens is 204 g/mol. The first-order valence-electron chi connectivity index (χ1n) is 5.55. The third-order valence-electron chi connectivity index (χ3n) is 3.14. The quantitative estimate of drug-likeness (QED) is 0.772. The Hall–Kier alpha value is -0.900. The first kappa shape index (κ1) is 11.6. The van der Waals surface area contributed by atoms with Crippen molar-refractivity contribution in [2.45, 2.75) is 31.2 Å². The minimum Gasteiger partial charge on any atom is -0.385 e. The van der Waals surface area contributed by atoms with Crippen molar-refractivity contribution < 1.29 is 14.6 Å². The van der Waals surface area contributed by atoms with E-state index < -0.39 is 5.60 Å². The Balaban J connectivity index is 2.02. The van der Waals surface area contributed by atoms with Gasteiger partial charge in [0.25, 0.3) is 0 Å². The standard InChI is InChI=1S/C13H18O3/c1-15-12(16-2)9-10-3-5-11(6-4-10)13(14)7-8-13/h3-6,12,14H,7-9H2,1-2H3. The number of aliphatic hydroxyl groups is 1. The van der Waals surface area contributed by atoms with Gasteiger partial charge in [-0.25, -0.2) is 0 Å². The maximum atomic E-state index is 9.92. The van der Waals surface area contributed by atoms with Gasteiger partial charge in [-0.2, -0.15) is 0 Å². The minimum atomic E-state index is -0.541. The molecule has 1 aliphatic rings. The van der Waals surface area contributed by atoms with Gasteiger partial charge in [-0.3, -0.25) is 0 Å². The van der Waals surface area contributed by atoms with Gasteiger partial charge in [-0.1, -0.05) is 24.3 Å². The van der Waals surface area contributed by atoms with Crippen LogP contribution in [-0.2, 0) is 21.5 Å². The summed E-state index contributed by atoms with van der Waals surface area (Å²) in [4.78, 5) is 0. The van der Waals surface area contributed by atoms with Crippen molar-refractivity contribution in [1.29, 1.82) is 0 Å². The summed E-state index contributed by atoms with van der Waals surface area (Å²) in [6.45, 7) is 0. The first-order chi connectivity index (χ1) is 7.68. The van der Waals surface area contributed by atoms with E-state index in [4.69, 9.17) is 9.47 Å². The Kier molecular flexibility index (Phi) is 3.28. The highest BCUT2D eigenvalue weighted by atomic mass is 16.7. The van der Waals surface area contributed by atoms with E-state index in [0.717, 1.165) is 30.4 Å². The molecule has 1 aliphatic carbocycles. The number of hydrogen-bond donors (Lipinski definition) is 1. The van der Waals surface area contributed by atoms with Gasteiger partial charge in [-0.05, 0) is 24.0 Å². The van der Waals surface area contributed by atoms with Crippen LogP contribution in [0.25, 0.3) is 0 Å². The smallest absolute Gasteiger partial charge is 0.160 e. The Morgan fingerprint density at radius 3 is 2.19 bits per heavy atom. The first-order valence-corrected chi connectivity index (χ1v) is 5.55. The molecule has 1 fully saturated rings. The van der Waals surface area contributed by atoms with Gasteiger partial charge in [0, 0.05) is 20.6 Å². The van der Waals surface area contributed by atoms with Crippen LogP contribution in [0.5, 0.6) is 0 Å². The molecule has 0 radical (unpaired) electrons. The van der Waals surface area contributed by atoms with Crippen molar-refractivity contribution in [2.24, 2.45) is 0 Å². The molecule has 1 aromatic rings. The maximum absolute atomic E-state index is 9.92. The predicted molar refractivity (Wildman–Crippen MR) is 61.1 cm³/mol. The second kappa shape index (κ2) is 4.53. The molecule has 1 saturated carbocycles. The van der Waals surface area contributed by atoms with Gasteiger partial charge in [0.2, 0.25) is 0 Å². The van der Waals surface area contributed by atoms with Crippen LogP contribution in [0.4, 0.5) is 0 Å². The molecule has 0 heterocycles. The summed E-state index contributed by atoms with van der Waals surface area (Å²) in [5.41, 5.74) is 1.63. The second-order valence-corrected chi connectivity index (χ2v) is 4.33. The lowest BCUT2D eigenvalue weighted by atomic mass is 10.0. The molecule has 0 unspecified atom stereocenters. The molecule has 2 rings (SSSR count). The molecule has 16 heavy (non-hydrogen) atoms. The van der Waals surface area contributed by atoms with E-state index in [-0.39, 0.29) is 6.29 Å². The topological polar surface area (TPSA) is 38.7 Å². The van der Waals surface area contributed by atoms with Crippen LogP contribution < -0.4 is 0 Å². The molecule has 3 nitrogen and oxygen atoms in total. The molecule has 0 aromatic heterocycles. The van der Waals surface area contributed by atoms with Crippen LogP contribution in [0.2, 0.25) is 0 Å². The molecule has 0 spiro atoms. The zero-order chi connectivity index (χ0) is 11.6. The molecule has 0 aliphatic heterocycles. The molecule has 1 aromatic carbocycles. The van der Waals surface area contributed by atoms with Crippen molar-refractivity contribution in [3.8, 4) is 0 Å². The lowest BCUT2D eigenvalue weighted by Crippen LogP contribution is -2.16. The molecule has 3 heteroatoms. The minimum absolute atomic E-state index is 0.199. The lowest BCUT2D eigenvalue weighted by molar-refractivity contribution is -0.100. The van der Waals surface area contributed by atoms with Crippen molar-refractivity contribution in [1.82, 2.24) is 0 Å². The van der Waals surface area contributed by atoms with Gasteiger partial charge < -0.3 is 14.6 Å². The third-order valence-corrected chi connectivity index (χ3v) is 3.14. The van der Waals surface area contributed by atoms with Gasteiger partial charge in [0.05, 0.1) is 5.60 Å². The molecule has 0 bridgehead atoms. The van der Waals surface area contributed by atoms with Crippen molar-refractivity contribution >= 4 is 0 Å². The molecule has 0 amide bonds. The summed E-state index contributed by atoms with van der Waals surface area (Å²) in [5, 5.41) is 9.92. The molecular formula is C13H18O3. The zero-order valence-electron chi connectivity index (χ0n) is 9.77. The summed E-state index contributed by atoms with van der Waals surface area (Å²) in [5.74, 6) is 0. The number of ether oxygens (including phenoxy) is 2. The average Bonchev–Trinajstić information content (AvgIpc) is 3.06. The van der Waals surface area contributed by atoms with Crippen LogP contribution in [0.15, 0.2) is 24.3 Å². The summed E-state index contributed by atoms with van der Waals surface area (Å²) in [7, 11) is 3.27. The van der Waals surface area contributed by atoms with E-state index in [1.165, 1.54) is 0 Å². The number of benzene rings is 1. The lowest BCUT2D eigenvalue weighted by Gasteiger charge is -2.14. The van der Waals surface area contributed by atoms with E-state index in [1.807, 2.05) is 24.3 Å². The van der Waals surface area contributed by atoms with E-state index in [0.29, 0.717) is 0 Å². The Labute approximate surface area is 96.0 Å². The molecule has 0 atom stereocenters. The van der Waals surface area contributed by atoms with Crippen LogP contribution in [0.1, 0.15) is 24.0 Å². The number of hydrogen-bond acceptors (Lipinski definition) is 3. The van der Waals surface area contributed by atoms with Gasteiger partial charge in [0.15, 0.2) is 6.29 Å². The van der Waals surface area contributed by atoms with Crippen LogP contribution in [0, 0.1) is 0 Å². The molecule has 0 saturated heterocycles. The van der Waals surface area contributed by atoms with Crippen molar-refractivity contribution in [2.75, 3.05) is 14.2 Å². The Morgan fingerprint density at radius 2 is 1.75 bits per heavy atom. The van der Waals surface area contributed by atoms with Crippen LogP contribution >= 0.6 is 0 Å².